The highest BCUT2D eigenvalue weighted by Gasteiger charge is 2.43. The maximum absolute atomic E-state index is 13.3. The Balaban J connectivity index is 1.69. The lowest BCUT2D eigenvalue weighted by Crippen LogP contribution is -2.56. The van der Waals surface area contributed by atoms with Crippen LogP contribution in [0.15, 0.2) is 18.2 Å². The molecule has 8 heteroatoms. The quantitative estimate of drug-likeness (QED) is 0.836. The summed E-state index contributed by atoms with van der Waals surface area (Å²) in [4.78, 5) is 26.5. The molecule has 3 rings (SSSR count). The number of halogens is 2. The van der Waals surface area contributed by atoms with Crippen LogP contribution >= 0.6 is 0 Å². The number of benzene rings is 1. The molecule has 1 aromatic rings. The molecule has 1 aromatic carbocycles. The molecule has 0 unspecified atom stereocenters. The van der Waals surface area contributed by atoms with E-state index < -0.39 is 17.5 Å². The van der Waals surface area contributed by atoms with Gasteiger partial charge in [0, 0.05) is 19.6 Å². The number of likely N-dealkylation sites (tertiary alicyclic amines) is 1. The Morgan fingerprint density at radius 3 is 2.78 bits per heavy atom. The number of carbonyl (C=O) groups is 2. The second kappa shape index (κ2) is 6.21. The molecule has 2 N–H and O–H groups in total. The Hall–Kier alpha value is -2.06. The van der Waals surface area contributed by atoms with Crippen molar-refractivity contribution in [2.75, 3.05) is 26.2 Å². The average molecular weight is 325 g/mol. The van der Waals surface area contributed by atoms with E-state index in [0.29, 0.717) is 25.2 Å². The van der Waals surface area contributed by atoms with Gasteiger partial charge in [-0.15, -0.1) is 0 Å². The molecule has 2 fully saturated rings. The van der Waals surface area contributed by atoms with E-state index in [0.717, 1.165) is 12.1 Å². The summed E-state index contributed by atoms with van der Waals surface area (Å²) in [5.74, 6) is -2.61. The molecule has 0 spiro atoms. The average Bonchev–Trinajstić information content (AvgIpc) is 2.89. The Bertz CT molecular complexity index is 640. The smallest absolute Gasteiger partial charge is 0.249 e. The summed E-state index contributed by atoms with van der Waals surface area (Å²) in [5, 5.41) is 0. The van der Waals surface area contributed by atoms with Gasteiger partial charge in [-0.25, -0.2) is 8.78 Å². The van der Waals surface area contributed by atoms with Crippen molar-refractivity contribution in [1.29, 1.82) is 0 Å². The molecule has 124 valence electrons. The minimum absolute atomic E-state index is 0.0759. The monoisotopic (exact) mass is 325 g/mol. The SMILES string of the molecule is NC(=O)CN1C(=O)CO[C@H]2CN(Cc3ccc(F)c(F)c3)C[C@H]21. The van der Waals surface area contributed by atoms with Crippen molar-refractivity contribution in [2.45, 2.75) is 18.7 Å². The molecule has 0 bridgehead atoms. The predicted molar refractivity (Wildman–Crippen MR) is 76.1 cm³/mol. The summed E-state index contributed by atoms with van der Waals surface area (Å²) in [7, 11) is 0. The third-order valence-electron chi connectivity index (χ3n) is 4.17. The molecule has 2 heterocycles. The van der Waals surface area contributed by atoms with E-state index in [1.807, 2.05) is 4.90 Å². The number of rotatable bonds is 4. The second-order valence-electron chi connectivity index (χ2n) is 5.85. The van der Waals surface area contributed by atoms with Gasteiger partial charge in [-0.3, -0.25) is 14.5 Å². The number of hydrogen-bond acceptors (Lipinski definition) is 4. The van der Waals surface area contributed by atoms with E-state index in [4.69, 9.17) is 10.5 Å². The first kappa shape index (κ1) is 15.8. The van der Waals surface area contributed by atoms with Gasteiger partial charge in [0.15, 0.2) is 11.6 Å². The number of hydrogen-bond donors (Lipinski definition) is 1. The molecular weight excluding hydrogens is 308 g/mol. The Morgan fingerprint density at radius 2 is 2.09 bits per heavy atom. The van der Waals surface area contributed by atoms with Crippen LogP contribution < -0.4 is 5.73 Å². The van der Waals surface area contributed by atoms with Crippen LogP contribution in [0.4, 0.5) is 8.78 Å². The summed E-state index contributed by atoms with van der Waals surface area (Å²) in [5.41, 5.74) is 5.83. The van der Waals surface area contributed by atoms with Gasteiger partial charge in [0.1, 0.15) is 6.61 Å². The fraction of sp³-hybridized carbons (Fsp3) is 0.467. The Kier molecular flexibility index (Phi) is 4.27. The Labute approximate surface area is 131 Å². The van der Waals surface area contributed by atoms with Crippen molar-refractivity contribution < 1.29 is 23.1 Å². The van der Waals surface area contributed by atoms with E-state index >= 15 is 0 Å². The van der Waals surface area contributed by atoms with Crippen LogP contribution in [0, 0.1) is 11.6 Å². The number of morpholine rings is 1. The third kappa shape index (κ3) is 3.32. The molecule has 23 heavy (non-hydrogen) atoms. The van der Waals surface area contributed by atoms with Crippen molar-refractivity contribution in [1.82, 2.24) is 9.80 Å². The number of carbonyl (C=O) groups excluding carboxylic acids is 2. The van der Waals surface area contributed by atoms with Crippen molar-refractivity contribution in [3.8, 4) is 0 Å². The molecular formula is C15H17F2N3O3. The number of primary amides is 1. The largest absolute Gasteiger partial charge is 0.368 e. The van der Waals surface area contributed by atoms with E-state index in [2.05, 4.69) is 0 Å². The zero-order valence-electron chi connectivity index (χ0n) is 12.4. The van der Waals surface area contributed by atoms with Crippen LogP contribution in [0.5, 0.6) is 0 Å². The number of amides is 2. The van der Waals surface area contributed by atoms with Gasteiger partial charge in [0.25, 0.3) is 0 Å². The van der Waals surface area contributed by atoms with Crippen LogP contribution in [0.3, 0.4) is 0 Å². The maximum atomic E-state index is 13.3. The van der Waals surface area contributed by atoms with Gasteiger partial charge in [0.05, 0.1) is 18.7 Å². The number of ether oxygens (including phenoxy) is 1. The highest BCUT2D eigenvalue weighted by atomic mass is 19.2. The van der Waals surface area contributed by atoms with Gasteiger partial charge in [0.2, 0.25) is 11.8 Å². The Morgan fingerprint density at radius 1 is 1.30 bits per heavy atom. The van der Waals surface area contributed by atoms with E-state index in [9.17, 15) is 18.4 Å². The minimum atomic E-state index is -0.888. The second-order valence-corrected chi connectivity index (χ2v) is 5.85. The molecule has 0 radical (unpaired) electrons. The molecule has 0 aromatic heterocycles. The first-order valence-corrected chi connectivity index (χ1v) is 7.29. The molecule has 0 aliphatic carbocycles. The first-order chi connectivity index (χ1) is 10.9. The molecule has 2 atom stereocenters. The lowest BCUT2D eigenvalue weighted by atomic mass is 10.1. The van der Waals surface area contributed by atoms with Gasteiger partial charge in [-0.2, -0.15) is 0 Å². The maximum Gasteiger partial charge on any atom is 0.249 e. The van der Waals surface area contributed by atoms with E-state index in [1.54, 1.807) is 0 Å². The van der Waals surface area contributed by atoms with Crippen LogP contribution in [-0.4, -0.2) is 60.0 Å². The topological polar surface area (TPSA) is 75.9 Å². The third-order valence-corrected chi connectivity index (χ3v) is 4.17. The van der Waals surface area contributed by atoms with Crippen molar-refractivity contribution in [3.05, 3.63) is 35.4 Å². The van der Waals surface area contributed by atoms with Crippen molar-refractivity contribution >= 4 is 11.8 Å². The number of fused-ring (bicyclic) bond motifs is 1. The molecule has 6 nitrogen and oxygen atoms in total. The minimum Gasteiger partial charge on any atom is -0.368 e. The van der Waals surface area contributed by atoms with Gasteiger partial charge in [-0.05, 0) is 17.7 Å². The molecule has 2 amide bonds. The van der Waals surface area contributed by atoms with Crippen LogP contribution in [-0.2, 0) is 20.9 Å². The zero-order chi connectivity index (χ0) is 16.6. The number of nitrogens with zero attached hydrogens (tertiary/aromatic N) is 2. The van der Waals surface area contributed by atoms with Crippen LogP contribution in [0.1, 0.15) is 5.56 Å². The summed E-state index contributed by atoms with van der Waals surface area (Å²) < 4.78 is 31.8. The lowest BCUT2D eigenvalue weighted by Gasteiger charge is -2.35. The highest BCUT2D eigenvalue weighted by molar-refractivity contribution is 5.85. The van der Waals surface area contributed by atoms with Gasteiger partial charge < -0.3 is 15.4 Å². The predicted octanol–water partition coefficient (Wildman–Crippen LogP) is -0.138. The highest BCUT2D eigenvalue weighted by Crippen LogP contribution is 2.25. The zero-order valence-corrected chi connectivity index (χ0v) is 12.4. The van der Waals surface area contributed by atoms with Crippen molar-refractivity contribution in [2.24, 2.45) is 5.73 Å². The summed E-state index contributed by atoms with van der Waals surface area (Å²) in [6.45, 7) is 1.23. The normalized spacial score (nSPS) is 24.8. The standard InChI is InChI=1S/C15H17F2N3O3/c16-10-2-1-9(3-11(10)17)4-19-5-12-13(6-19)23-8-15(22)20(12)7-14(18)21/h1-3,12-13H,4-8H2,(H2,18,21)/t12-,13+/m1/s1. The first-order valence-electron chi connectivity index (χ1n) is 7.29. The molecule has 0 saturated carbocycles. The molecule has 2 aliphatic heterocycles. The van der Waals surface area contributed by atoms with Gasteiger partial charge >= 0.3 is 0 Å². The molecule has 2 aliphatic rings. The van der Waals surface area contributed by atoms with Crippen LogP contribution in [0.2, 0.25) is 0 Å². The fourth-order valence-electron chi connectivity index (χ4n) is 3.14. The van der Waals surface area contributed by atoms with E-state index in [1.165, 1.54) is 11.0 Å². The van der Waals surface area contributed by atoms with Crippen molar-refractivity contribution in [3.63, 3.8) is 0 Å². The fourth-order valence-corrected chi connectivity index (χ4v) is 3.14. The number of nitrogens with two attached hydrogens (primary N) is 1. The summed E-state index contributed by atoms with van der Waals surface area (Å²) in [6.07, 6.45) is -0.211. The summed E-state index contributed by atoms with van der Waals surface area (Å²) in [6, 6.07) is 3.51. The molecule has 2 saturated heterocycles. The van der Waals surface area contributed by atoms with Gasteiger partial charge in [-0.1, -0.05) is 6.07 Å². The van der Waals surface area contributed by atoms with E-state index in [-0.39, 0.29) is 31.2 Å². The van der Waals surface area contributed by atoms with Crippen LogP contribution in [0.25, 0.3) is 0 Å². The summed E-state index contributed by atoms with van der Waals surface area (Å²) >= 11 is 0. The lowest BCUT2D eigenvalue weighted by molar-refractivity contribution is -0.155.